The fourth-order valence-electron chi connectivity index (χ4n) is 1.11. The third-order valence-corrected chi connectivity index (χ3v) is 2.68. The predicted octanol–water partition coefficient (Wildman–Crippen LogP) is 2.91. The van der Waals surface area contributed by atoms with E-state index in [9.17, 15) is 4.39 Å². The first-order valence-corrected chi connectivity index (χ1v) is 5.68. The molecule has 0 aliphatic rings. The second-order valence-electron chi connectivity index (χ2n) is 3.86. The normalized spacial score (nSPS) is 10.6. The van der Waals surface area contributed by atoms with Crippen LogP contribution in [0.15, 0.2) is 16.6 Å². The molecule has 1 aromatic carbocycles. The van der Waals surface area contributed by atoms with E-state index in [2.05, 4.69) is 15.9 Å². The Morgan fingerprint density at radius 1 is 1.56 bits per heavy atom. The highest BCUT2D eigenvalue weighted by Gasteiger charge is 2.14. The van der Waals surface area contributed by atoms with E-state index in [4.69, 9.17) is 15.9 Å². The Bertz CT molecular complexity index is 407. The van der Waals surface area contributed by atoms with Gasteiger partial charge in [0.1, 0.15) is 5.84 Å². The summed E-state index contributed by atoms with van der Waals surface area (Å²) in [7, 11) is 0. The molecule has 0 saturated heterocycles. The average Bonchev–Trinajstić information content (AvgIpc) is 2.19. The number of halogens is 2. The Balaban J connectivity index is 2.98. The number of nitrogens with two attached hydrogens (primary N) is 1. The van der Waals surface area contributed by atoms with Crippen LogP contribution in [0.5, 0.6) is 5.75 Å². The summed E-state index contributed by atoms with van der Waals surface area (Å²) >= 11 is 3.06. The van der Waals surface area contributed by atoms with Crippen LogP contribution in [0.1, 0.15) is 19.4 Å². The molecule has 0 heterocycles. The largest absolute Gasteiger partial charge is 0.490 e. The van der Waals surface area contributed by atoms with Crippen molar-refractivity contribution in [1.82, 2.24) is 0 Å². The highest BCUT2D eigenvalue weighted by atomic mass is 79.9. The molecule has 0 unspecified atom stereocenters. The molecular formula is C11H14BrFN2O. The van der Waals surface area contributed by atoms with Crippen LogP contribution < -0.4 is 10.5 Å². The van der Waals surface area contributed by atoms with Crippen molar-refractivity contribution < 1.29 is 9.13 Å². The van der Waals surface area contributed by atoms with Crippen molar-refractivity contribution in [3.63, 3.8) is 0 Å². The first kappa shape index (κ1) is 13.0. The maximum absolute atomic E-state index is 13.7. The van der Waals surface area contributed by atoms with Crippen molar-refractivity contribution in [3.8, 4) is 5.75 Å². The molecule has 0 fully saturated rings. The van der Waals surface area contributed by atoms with Crippen molar-refractivity contribution >= 4 is 21.8 Å². The number of hydrogen-bond donors (Lipinski definition) is 2. The van der Waals surface area contributed by atoms with Crippen LogP contribution in [-0.4, -0.2) is 12.4 Å². The Hall–Kier alpha value is -1.10. The first-order chi connectivity index (χ1) is 7.43. The van der Waals surface area contributed by atoms with Gasteiger partial charge in [-0.15, -0.1) is 0 Å². The summed E-state index contributed by atoms with van der Waals surface area (Å²) in [5, 5.41) is 7.25. The van der Waals surface area contributed by atoms with Gasteiger partial charge in [0.05, 0.1) is 11.1 Å². The van der Waals surface area contributed by atoms with Crippen LogP contribution in [0.2, 0.25) is 0 Å². The molecule has 1 aromatic rings. The minimum atomic E-state index is -0.520. The number of rotatable bonds is 4. The van der Waals surface area contributed by atoms with Crippen LogP contribution in [0.3, 0.4) is 0 Å². The van der Waals surface area contributed by atoms with Gasteiger partial charge < -0.3 is 10.5 Å². The predicted molar refractivity (Wildman–Crippen MR) is 65.4 cm³/mol. The van der Waals surface area contributed by atoms with E-state index in [0.717, 1.165) is 0 Å². The van der Waals surface area contributed by atoms with E-state index in [0.29, 0.717) is 18.1 Å². The standard InChI is InChI=1S/C11H14BrFN2O/c1-6(2)5-16-8-4-3-7(11(14)15)9(12)10(8)13/h3-4,6H,5H2,1-2H3,(H3,14,15). The van der Waals surface area contributed by atoms with Gasteiger partial charge in [-0.05, 0) is 34.0 Å². The zero-order valence-electron chi connectivity index (χ0n) is 9.18. The molecule has 0 aromatic heterocycles. The van der Waals surface area contributed by atoms with Crippen molar-refractivity contribution in [1.29, 1.82) is 5.41 Å². The molecule has 1 rings (SSSR count). The second kappa shape index (κ2) is 5.30. The molecule has 5 heteroatoms. The molecule has 88 valence electrons. The summed E-state index contributed by atoms with van der Waals surface area (Å²) in [5.74, 6) is -0.203. The lowest BCUT2D eigenvalue weighted by Gasteiger charge is -2.11. The number of nitrogen functional groups attached to an aromatic ring is 1. The average molecular weight is 289 g/mol. The van der Waals surface area contributed by atoms with Gasteiger partial charge in [0, 0.05) is 5.56 Å². The van der Waals surface area contributed by atoms with E-state index in [1.807, 2.05) is 13.8 Å². The summed E-state index contributed by atoms with van der Waals surface area (Å²) in [6, 6.07) is 3.05. The van der Waals surface area contributed by atoms with Gasteiger partial charge in [-0.25, -0.2) is 4.39 Å². The lowest BCUT2D eigenvalue weighted by atomic mass is 10.2. The van der Waals surface area contributed by atoms with Crippen LogP contribution >= 0.6 is 15.9 Å². The highest BCUT2D eigenvalue weighted by molar-refractivity contribution is 9.10. The van der Waals surface area contributed by atoms with Gasteiger partial charge >= 0.3 is 0 Å². The van der Waals surface area contributed by atoms with Crippen LogP contribution in [0, 0.1) is 17.1 Å². The minimum Gasteiger partial charge on any atom is -0.490 e. The minimum absolute atomic E-state index is 0.168. The SMILES string of the molecule is CC(C)COc1ccc(C(=N)N)c(Br)c1F. The summed E-state index contributed by atoms with van der Waals surface area (Å²) in [4.78, 5) is 0. The van der Waals surface area contributed by atoms with Crippen LogP contribution in [-0.2, 0) is 0 Å². The van der Waals surface area contributed by atoms with Gasteiger partial charge in [-0.3, -0.25) is 5.41 Å². The number of nitrogens with one attached hydrogen (secondary N) is 1. The van der Waals surface area contributed by atoms with E-state index in [-0.39, 0.29) is 16.1 Å². The van der Waals surface area contributed by atoms with E-state index in [1.165, 1.54) is 6.07 Å². The number of ether oxygens (including phenoxy) is 1. The molecular weight excluding hydrogens is 275 g/mol. The summed E-state index contributed by atoms with van der Waals surface area (Å²) in [6.45, 7) is 4.41. The van der Waals surface area contributed by atoms with Gasteiger partial charge in [0.2, 0.25) is 0 Å². The molecule has 0 saturated carbocycles. The fourth-order valence-corrected chi connectivity index (χ4v) is 1.65. The van der Waals surface area contributed by atoms with Crippen molar-refractivity contribution in [3.05, 3.63) is 28.0 Å². The molecule has 0 amide bonds. The molecule has 0 atom stereocenters. The Kier molecular flexibility index (Phi) is 4.29. The summed E-state index contributed by atoms with van der Waals surface area (Å²) in [6.07, 6.45) is 0. The van der Waals surface area contributed by atoms with Crippen LogP contribution in [0.25, 0.3) is 0 Å². The van der Waals surface area contributed by atoms with E-state index in [1.54, 1.807) is 6.07 Å². The van der Waals surface area contributed by atoms with Gasteiger partial charge in [-0.1, -0.05) is 13.8 Å². The van der Waals surface area contributed by atoms with Gasteiger partial charge in [0.15, 0.2) is 11.6 Å². The van der Waals surface area contributed by atoms with E-state index < -0.39 is 5.82 Å². The quantitative estimate of drug-likeness (QED) is 0.661. The van der Waals surface area contributed by atoms with Gasteiger partial charge in [0.25, 0.3) is 0 Å². The molecule has 0 aliphatic carbocycles. The highest BCUT2D eigenvalue weighted by Crippen LogP contribution is 2.28. The Morgan fingerprint density at radius 2 is 2.19 bits per heavy atom. The Labute approximate surface area is 102 Å². The lowest BCUT2D eigenvalue weighted by molar-refractivity contribution is 0.259. The maximum Gasteiger partial charge on any atom is 0.179 e. The molecule has 3 N–H and O–H groups in total. The zero-order chi connectivity index (χ0) is 12.3. The molecule has 0 bridgehead atoms. The zero-order valence-corrected chi connectivity index (χ0v) is 10.8. The second-order valence-corrected chi connectivity index (χ2v) is 4.65. The maximum atomic E-state index is 13.7. The number of hydrogen-bond acceptors (Lipinski definition) is 2. The van der Waals surface area contributed by atoms with Crippen molar-refractivity contribution in [2.75, 3.05) is 6.61 Å². The van der Waals surface area contributed by atoms with E-state index >= 15 is 0 Å². The Morgan fingerprint density at radius 3 is 2.69 bits per heavy atom. The third-order valence-electron chi connectivity index (χ3n) is 1.91. The number of benzene rings is 1. The molecule has 0 spiro atoms. The summed E-state index contributed by atoms with van der Waals surface area (Å²) in [5.41, 5.74) is 5.63. The smallest absolute Gasteiger partial charge is 0.179 e. The molecule has 3 nitrogen and oxygen atoms in total. The first-order valence-electron chi connectivity index (χ1n) is 4.88. The number of amidine groups is 1. The molecule has 16 heavy (non-hydrogen) atoms. The fraction of sp³-hybridized carbons (Fsp3) is 0.364. The molecule has 0 radical (unpaired) electrons. The van der Waals surface area contributed by atoms with Crippen molar-refractivity contribution in [2.24, 2.45) is 11.7 Å². The van der Waals surface area contributed by atoms with Crippen molar-refractivity contribution in [2.45, 2.75) is 13.8 Å². The van der Waals surface area contributed by atoms with Crippen LogP contribution in [0.4, 0.5) is 4.39 Å². The van der Waals surface area contributed by atoms with Gasteiger partial charge in [-0.2, -0.15) is 0 Å². The third kappa shape index (κ3) is 2.95. The topological polar surface area (TPSA) is 59.1 Å². The molecule has 0 aliphatic heterocycles. The summed E-state index contributed by atoms with van der Waals surface area (Å²) < 4.78 is 19.2. The lowest BCUT2D eigenvalue weighted by Crippen LogP contribution is -2.13. The monoisotopic (exact) mass is 288 g/mol.